The molecule has 0 radical (unpaired) electrons. The highest BCUT2D eigenvalue weighted by Gasteiger charge is 2.45. The van der Waals surface area contributed by atoms with E-state index in [2.05, 4.69) is 0 Å². The summed E-state index contributed by atoms with van der Waals surface area (Å²) in [6.45, 7) is 4.16. The zero-order chi connectivity index (χ0) is 14.6. The number of hydrogen-bond acceptors (Lipinski definition) is 3. The molecule has 1 aliphatic heterocycles. The van der Waals surface area contributed by atoms with Crippen molar-refractivity contribution in [3.05, 3.63) is 0 Å². The highest BCUT2D eigenvalue weighted by atomic mass is 32.2. The summed E-state index contributed by atoms with van der Waals surface area (Å²) in [5.41, 5.74) is -1.07. The van der Waals surface area contributed by atoms with E-state index in [1.165, 1.54) is 4.90 Å². The van der Waals surface area contributed by atoms with Gasteiger partial charge in [0.2, 0.25) is 0 Å². The Kier molecular flexibility index (Phi) is 5.52. The SMILES string of the molecule is CSCC(C)N(C)C(=O)N1CCCCC1(C)C(=O)O. The molecule has 0 aromatic heterocycles. The molecule has 1 heterocycles. The molecule has 0 bridgehead atoms. The van der Waals surface area contributed by atoms with Gasteiger partial charge in [-0.1, -0.05) is 0 Å². The third kappa shape index (κ3) is 3.35. The van der Waals surface area contributed by atoms with E-state index in [1.807, 2.05) is 13.2 Å². The van der Waals surface area contributed by atoms with Crippen molar-refractivity contribution in [2.45, 2.75) is 44.7 Å². The van der Waals surface area contributed by atoms with Crippen molar-refractivity contribution in [1.82, 2.24) is 9.80 Å². The van der Waals surface area contributed by atoms with Gasteiger partial charge in [-0.3, -0.25) is 0 Å². The molecular weight excluding hydrogens is 264 g/mol. The Morgan fingerprint density at radius 1 is 1.47 bits per heavy atom. The molecule has 0 saturated carbocycles. The van der Waals surface area contributed by atoms with Crippen LogP contribution >= 0.6 is 11.8 Å². The molecule has 110 valence electrons. The second kappa shape index (κ2) is 6.50. The predicted octanol–water partition coefficient (Wildman–Crippen LogP) is 2.12. The van der Waals surface area contributed by atoms with E-state index >= 15 is 0 Å². The zero-order valence-electron chi connectivity index (χ0n) is 12.2. The summed E-state index contributed by atoms with van der Waals surface area (Å²) in [4.78, 5) is 27.2. The molecule has 1 rings (SSSR count). The van der Waals surface area contributed by atoms with E-state index in [0.717, 1.165) is 18.6 Å². The highest BCUT2D eigenvalue weighted by molar-refractivity contribution is 7.98. The molecule has 5 nitrogen and oxygen atoms in total. The van der Waals surface area contributed by atoms with Gasteiger partial charge in [0, 0.05) is 25.4 Å². The van der Waals surface area contributed by atoms with Gasteiger partial charge >= 0.3 is 12.0 Å². The van der Waals surface area contributed by atoms with E-state index in [4.69, 9.17) is 0 Å². The third-order valence-electron chi connectivity index (χ3n) is 3.95. The van der Waals surface area contributed by atoms with Gasteiger partial charge in [0.15, 0.2) is 0 Å². The van der Waals surface area contributed by atoms with Gasteiger partial charge in [-0.2, -0.15) is 11.8 Å². The Hall–Kier alpha value is -0.910. The maximum atomic E-state index is 12.5. The summed E-state index contributed by atoms with van der Waals surface area (Å²) in [5.74, 6) is -0.0636. The number of carbonyl (C=O) groups excluding carboxylic acids is 1. The van der Waals surface area contributed by atoms with E-state index in [1.54, 1.807) is 30.6 Å². The van der Waals surface area contributed by atoms with Crippen molar-refractivity contribution in [2.75, 3.05) is 25.6 Å². The second-order valence-electron chi connectivity index (χ2n) is 5.39. The molecule has 0 spiro atoms. The van der Waals surface area contributed by atoms with Crippen LogP contribution in [0.25, 0.3) is 0 Å². The van der Waals surface area contributed by atoms with Gasteiger partial charge in [-0.05, 0) is 39.4 Å². The molecular formula is C13H24N2O3S. The highest BCUT2D eigenvalue weighted by Crippen LogP contribution is 2.29. The van der Waals surface area contributed by atoms with Crippen molar-refractivity contribution in [3.63, 3.8) is 0 Å². The molecule has 2 atom stereocenters. The van der Waals surface area contributed by atoms with Crippen LogP contribution in [0, 0.1) is 0 Å². The Morgan fingerprint density at radius 2 is 2.11 bits per heavy atom. The summed E-state index contributed by atoms with van der Waals surface area (Å²) >= 11 is 1.68. The fraction of sp³-hybridized carbons (Fsp3) is 0.846. The monoisotopic (exact) mass is 288 g/mol. The van der Waals surface area contributed by atoms with Crippen molar-refractivity contribution >= 4 is 23.8 Å². The molecule has 6 heteroatoms. The Morgan fingerprint density at radius 3 is 2.63 bits per heavy atom. The quantitative estimate of drug-likeness (QED) is 0.861. The average molecular weight is 288 g/mol. The largest absolute Gasteiger partial charge is 0.480 e. The fourth-order valence-corrected chi connectivity index (χ4v) is 3.09. The third-order valence-corrected chi connectivity index (χ3v) is 4.77. The first-order valence-electron chi connectivity index (χ1n) is 6.61. The first-order chi connectivity index (χ1) is 8.84. The van der Waals surface area contributed by atoms with E-state index in [0.29, 0.717) is 13.0 Å². The Labute approximate surface area is 119 Å². The molecule has 0 aromatic rings. The molecule has 19 heavy (non-hydrogen) atoms. The number of hydrogen-bond donors (Lipinski definition) is 1. The normalized spacial score (nSPS) is 24.9. The number of carboxylic acids is 1. The van der Waals surface area contributed by atoms with Crippen LogP contribution in [0.3, 0.4) is 0 Å². The topological polar surface area (TPSA) is 60.9 Å². The van der Waals surface area contributed by atoms with Crippen molar-refractivity contribution in [2.24, 2.45) is 0 Å². The number of urea groups is 1. The van der Waals surface area contributed by atoms with Gasteiger partial charge in [0.1, 0.15) is 5.54 Å². The average Bonchev–Trinajstić information content (AvgIpc) is 2.37. The van der Waals surface area contributed by atoms with Gasteiger partial charge in [-0.25, -0.2) is 9.59 Å². The van der Waals surface area contributed by atoms with Crippen molar-refractivity contribution in [1.29, 1.82) is 0 Å². The van der Waals surface area contributed by atoms with Crippen molar-refractivity contribution < 1.29 is 14.7 Å². The van der Waals surface area contributed by atoms with Crippen LogP contribution in [0.1, 0.15) is 33.1 Å². The van der Waals surface area contributed by atoms with E-state index in [-0.39, 0.29) is 12.1 Å². The summed E-state index contributed by atoms with van der Waals surface area (Å²) in [5, 5.41) is 9.42. The molecule has 1 aliphatic rings. The van der Waals surface area contributed by atoms with Crippen LogP contribution in [0.4, 0.5) is 4.79 Å². The van der Waals surface area contributed by atoms with Crippen LogP contribution < -0.4 is 0 Å². The van der Waals surface area contributed by atoms with Crippen LogP contribution in [0.15, 0.2) is 0 Å². The summed E-state index contributed by atoms with van der Waals surface area (Å²) in [7, 11) is 1.75. The molecule has 0 aromatic carbocycles. The summed E-state index contributed by atoms with van der Waals surface area (Å²) in [6, 6.07) is -0.0754. The first-order valence-corrected chi connectivity index (χ1v) is 8.00. The minimum Gasteiger partial charge on any atom is -0.480 e. The molecule has 1 saturated heterocycles. The fourth-order valence-electron chi connectivity index (χ4n) is 2.38. The molecule has 2 amide bonds. The Balaban J connectivity index is 2.86. The lowest BCUT2D eigenvalue weighted by Crippen LogP contribution is -2.61. The second-order valence-corrected chi connectivity index (χ2v) is 6.30. The number of carbonyl (C=O) groups is 2. The molecule has 1 fully saturated rings. The Bertz CT molecular complexity index is 351. The van der Waals surface area contributed by atoms with Crippen LogP contribution in [-0.2, 0) is 4.79 Å². The lowest BCUT2D eigenvalue weighted by Gasteiger charge is -2.44. The standard InChI is InChI=1S/C13H24N2O3S/c1-10(9-19-4)14(3)12(18)15-8-6-5-7-13(15,2)11(16)17/h10H,5-9H2,1-4H3,(H,16,17). The number of rotatable bonds is 4. The minimum absolute atomic E-state index is 0.0995. The lowest BCUT2D eigenvalue weighted by atomic mass is 9.89. The predicted molar refractivity (Wildman–Crippen MR) is 77.6 cm³/mol. The van der Waals surface area contributed by atoms with E-state index < -0.39 is 11.5 Å². The number of carboxylic acid groups (broad SMARTS) is 1. The number of thioether (sulfide) groups is 1. The van der Waals surface area contributed by atoms with Crippen LogP contribution in [0.2, 0.25) is 0 Å². The van der Waals surface area contributed by atoms with Gasteiger partial charge in [-0.15, -0.1) is 0 Å². The minimum atomic E-state index is -1.07. The molecule has 0 aliphatic carbocycles. The number of piperidine rings is 1. The van der Waals surface area contributed by atoms with Gasteiger partial charge < -0.3 is 14.9 Å². The smallest absolute Gasteiger partial charge is 0.329 e. The zero-order valence-corrected chi connectivity index (χ0v) is 13.0. The van der Waals surface area contributed by atoms with Gasteiger partial charge in [0.05, 0.1) is 0 Å². The van der Waals surface area contributed by atoms with Crippen LogP contribution in [0.5, 0.6) is 0 Å². The maximum absolute atomic E-state index is 12.5. The van der Waals surface area contributed by atoms with E-state index in [9.17, 15) is 14.7 Å². The first kappa shape index (κ1) is 16.1. The number of amides is 2. The van der Waals surface area contributed by atoms with Crippen molar-refractivity contribution in [3.8, 4) is 0 Å². The van der Waals surface area contributed by atoms with Crippen LogP contribution in [-0.4, -0.2) is 64.1 Å². The molecule has 2 unspecified atom stereocenters. The summed E-state index contributed by atoms with van der Waals surface area (Å²) in [6.07, 6.45) is 4.26. The molecule has 1 N–H and O–H groups in total. The maximum Gasteiger partial charge on any atom is 0.329 e. The number of aliphatic carboxylic acids is 1. The lowest BCUT2D eigenvalue weighted by molar-refractivity contribution is -0.150. The number of nitrogens with zero attached hydrogens (tertiary/aromatic N) is 2. The van der Waals surface area contributed by atoms with Gasteiger partial charge in [0.25, 0.3) is 0 Å². The number of likely N-dealkylation sites (tertiary alicyclic amines) is 1. The summed E-state index contributed by atoms with van der Waals surface area (Å²) < 4.78 is 0.